The molecule has 2 fully saturated rings. The topological polar surface area (TPSA) is 91.3 Å². The molecule has 2 aliphatic rings. The maximum absolute atomic E-state index is 12.6. The molecule has 7 nitrogen and oxygen atoms in total. The lowest BCUT2D eigenvalue weighted by atomic mass is 9.98. The van der Waals surface area contributed by atoms with E-state index in [2.05, 4.69) is 34.5 Å². The van der Waals surface area contributed by atoms with Gasteiger partial charge in [-0.1, -0.05) is 78.9 Å². The number of aliphatic hydroxyl groups excluding tert-OH is 2. The molecule has 4 atom stereocenters. The number of ether oxygens (including phenoxy) is 2. The molecule has 0 aromatic heterocycles. The standard InChI is InChI=1S/C37H40N2O5/c40-24-26-14-16-28(17-15-26)35-21-34(23-39-18-6-13-33(39)25-41)43-37(44-35)32-12-5-11-31(20-32)30-10-4-7-27(19-30)22-38-36(42)29-8-2-1-3-9-29/h1-5,7-12,14-17,19-20,33-35,37,40-41H,6,13,18,21-25H2,(H,38,42)/t33-,34-,35+,37+/m0/s1. The summed E-state index contributed by atoms with van der Waals surface area (Å²) in [6.07, 6.45) is 2.01. The third-order valence-corrected chi connectivity index (χ3v) is 8.67. The number of amides is 1. The first kappa shape index (κ1) is 30.2. The van der Waals surface area contributed by atoms with Crippen LogP contribution in [0.2, 0.25) is 0 Å². The van der Waals surface area contributed by atoms with Crippen molar-refractivity contribution >= 4 is 5.91 Å². The van der Waals surface area contributed by atoms with Crippen LogP contribution in [0.5, 0.6) is 0 Å². The molecule has 2 saturated heterocycles. The summed E-state index contributed by atoms with van der Waals surface area (Å²) >= 11 is 0. The van der Waals surface area contributed by atoms with E-state index in [9.17, 15) is 15.0 Å². The highest BCUT2D eigenvalue weighted by Gasteiger charge is 2.35. The van der Waals surface area contributed by atoms with E-state index in [0.29, 0.717) is 18.5 Å². The van der Waals surface area contributed by atoms with Crippen LogP contribution in [0.4, 0.5) is 0 Å². The van der Waals surface area contributed by atoms with E-state index in [1.807, 2.05) is 78.9 Å². The first-order valence-corrected chi connectivity index (χ1v) is 15.5. The van der Waals surface area contributed by atoms with Crippen molar-refractivity contribution < 1.29 is 24.5 Å². The number of benzene rings is 4. The summed E-state index contributed by atoms with van der Waals surface area (Å²) in [5, 5.41) is 22.4. The number of hydrogen-bond donors (Lipinski definition) is 3. The monoisotopic (exact) mass is 592 g/mol. The van der Waals surface area contributed by atoms with Crippen molar-refractivity contribution in [2.45, 2.75) is 57.0 Å². The van der Waals surface area contributed by atoms with Crippen molar-refractivity contribution in [3.05, 3.63) is 131 Å². The molecule has 228 valence electrons. The first-order chi connectivity index (χ1) is 21.6. The van der Waals surface area contributed by atoms with Gasteiger partial charge < -0.3 is 25.0 Å². The van der Waals surface area contributed by atoms with Gasteiger partial charge in [-0.2, -0.15) is 0 Å². The second-order valence-corrected chi connectivity index (χ2v) is 11.7. The number of rotatable bonds is 10. The molecule has 0 saturated carbocycles. The number of hydrogen-bond acceptors (Lipinski definition) is 6. The van der Waals surface area contributed by atoms with Gasteiger partial charge >= 0.3 is 0 Å². The zero-order valence-corrected chi connectivity index (χ0v) is 24.8. The minimum atomic E-state index is -0.556. The molecule has 0 aliphatic carbocycles. The van der Waals surface area contributed by atoms with Crippen LogP contribution in [0.3, 0.4) is 0 Å². The lowest BCUT2D eigenvalue weighted by Gasteiger charge is -2.38. The van der Waals surface area contributed by atoms with Gasteiger partial charge in [-0.25, -0.2) is 0 Å². The predicted molar refractivity (Wildman–Crippen MR) is 170 cm³/mol. The van der Waals surface area contributed by atoms with Crippen LogP contribution in [-0.2, 0) is 22.6 Å². The van der Waals surface area contributed by atoms with Crippen LogP contribution in [0.1, 0.15) is 64.3 Å². The highest BCUT2D eigenvalue weighted by Crippen LogP contribution is 2.39. The molecular formula is C37H40N2O5. The normalized spacial score (nSPS) is 22.1. The summed E-state index contributed by atoms with van der Waals surface area (Å²) in [4.78, 5) is 14.9. The molecule has 0 bridgehead atoms. The Bertz CT molecular complexity index is 1530. The highest BCUT2D eigenvalue weighted by atomic mass is 16.7. The van der Waals surface area contributed by atoms with Crippen molar-refractivity contribution in [3.8, 4) is 11.1 Å². The van der Waals surface area contributed by atoms with Crippen LogP contribution < -0.4 is 5.32 Å². The first-order valence-electron chi connectivity index (χ1n) is 15.5. The highest BCUT2D eigenvalue weighted by molar-refractivity contribution is 5.94. The van der Waals surface area contributed by atoms with E-state index < -0.39 is 6.29 Å². The van der Waals surface area contributed by atoms with Gasteiger partial charge in [-0.05, 0) is 71.5 Å². The van der Waals surface area contributed by atoms with Crippen molar-refractivity contribution in [1.29, 1.82) is 0 Å². The Kier molecular flexibility index (Phi) is 9.80. The van der Waals surface area contributed by atoms with Crippen LogP contribution >= 0.6 is 0 Å². The largest absolute Gasteiger partial charge is 0.395 e. The molecule has 4 aromatic rings. The van der Waals surface area contributed by atoms with E-state index >= 15 is 0 Å². The molecule has 44 heavy (non-hydrogen) atoms. The fraction of sp³-hybridized carbons (Fsp3) is 0.324. The number of likely N-dealkylation sites (tertiary alicyclic amines) is 1. The average molecular weight is 593 g/mol. The van der Waals surface area contributed by atoms with Gasteiger partial charge in [0, 0.05) is 36.7 Å². The molecule has 0 unspecified atom stereocenters. The van der Waals surface area contributed by atoms with Gasteiger partial charge in [0.05, 0.1) is 25.4 Å². The van der Waals surface area contributed by atoms with Gasteiger partial charge in [0.15, 0.2) is 6.29 Å². The number of carbonyl (C=O) groups is 1. The molecule has 4 aromatic carbocycles. The molecule has 0 radical (unpaired) electrons. The van der Waals surface area contributed by atoms with Gasteiger partial charge in [0.25, 0.3) is 5.91 Å². The predicted octanol–water partition coefficient (Wildman–Crippen LogP) is 5.78. The van der Waals surface area contributed by atoms with Crippen molar-refractivity contribution in [1.82, 2.24) is 10.2 Å². The summed E-state index contributed by atoms with van der Waals surface area (Å²) in [6, 6.07) is 33.8. The summed E-state index contributed by atoms with van der Waals surface area (Å²) < 4.78 is 13.2. The minimum Gasteiger partial charge on any atom is -0.395 e. The van der Waals surface area contributed by atoms with E-state index in [1.54, 1.807) is 0 Å². The minimum absolute atomic E-state index is 0.00502. The maximum atomic E-state index is 12.6. The Morgan fingerprint density at radius 2 is 1.59 bits per heavy atom. The Hall–Kier alpha value is -3.85. The zero-order chi connectivity index (χ0) is 30.3. The average Bonchev–Trinajstić information content (AvgIpc) is 3.54. The SMILES string of the molecule is O=C(NCc1cccc(-c2cccc([C@@H]3O[C@H](CN4CCC[C@H]4CO)C[C@H](c4ccc(CO)cc4)O3)c2)c1)c1ccccc1. The van der Waals surface area contributed by atoms with E-state index in [4.69, 9.17) is 9.47 Å². The fourth-order valence-corrected chi connectivity index (χ4v) is 6.24. The number of nitrogens with zero attached hydrogens (tertiary/aromatic N) is 1. The van der Waals surface area contributed by atoms with Crippen LogP contribution in [0.15, 0.2) is 103 Å². The van der Waals surface area contributed by atoms with Gasteiger partial charge in [0.2, 0.25) is 0 Å². The van der Waals surface area contributed by atoms with Gasteiger partial charge in [-0.15, -0.1) is 0 Å². The molecule has 6 rings (SSSR count). The summed E-state index contributed by atoms with van der Waals surface area (Å²) in [6.45, 7) is 2.30. The lowest BCUT2D eigenvalue weighted by Crippen LogP contribution is -2.42. The lowest BCUT2D eigenvalue weighted by molar-refractivity contribution is -0.253. The Morgan fingerprint density at radius 1 is 0.818 bits per heavy atom. The zero-order valence-electron chi connectivity index (χ0n) is 24.8. The Balaban J connectivity index is 1.20. The third kappa shape index (κ3) is 7.26. The maximum Gasteiger partial charge on any atom is 0.251 e. The van der Waals surface area contributed by atoms with E-state index in [1.165, 1.54) is 0 Å². The summed E-state index contributed by atoms with van der Waals surface area (Å²) in [5.74, 6) is -0.0982. The molecule has 0 spiro atoms. The second-order valence-electron chi connectivity index (χ2n) is 11.7. The van der Waals surface area contributed by atoms with Crippen molar-refractivity contribution in [3.63, 3.8) is 0 Å². The van der Waals surface area contributed by atoms with E-state index in [-0.39, 0.29) is 37.4 Å². The molecular weight excluding hydrogens is 552 g/mol. The second kappa shape index (κ2) is 14.3. The van der Waals surface area contributed by atoms with Crippen molar-refractivity contribution in [2.24, 2.45) is 0 Å². The van der Waals surface area contributed by atoms with Crippen LogP contribution in [0.25, 0.3) is 11.1 Å². The Labute approximate surface area is 259 Å². The number of carbonyl (C=O) groups excluding carboxylic acids is 1. The molecule has 2 aliphatic heterocycles. The van der Waals surface area contributed by atoms with Gasteiger partial charge in [0.1, 0.15) is 0 Å². The molecule has 3 N–H and O–H groups in total. The fourth-order valence-electron chi connectivity index (χ4n) is 6.24. The summed E-state index contributed by atoms with van der Waals surface area (Å²) in [7, 11) is 0. The Morgan fingerprint density at radius 3 is 2.36 bits per heavy atom. The molecule has 2 heterocycles. The molecule has 7 heteroatoms. The van der Waals surface area contributed by atoms with Crippen molar-refractivity contribution in [2.75, 3.05) is 19.7 Å². The third-order valence-electron chi connectivity index (χ3n) is 8.67. The van der Waals surface area contributed by atoms with E-state index in [0.717, 1.165) is 59.3 Å². The molecule has 1 amide bonds. The smallest absolute Gasteiger partial charge is 0.251 e. The summed E-state index contributed by atoms with van der Waals surface area (Å²) in [5.41, 5.74) is 6.60. The number of nitrogens with one attached hydrogen (secondary N) is 1. The van der Waals surface area contributed by atoms with Crippen LogP contribution in [-0.4, -0.2) is 52.9 Å². The quantitative estimate of drug-likeness (QED) is 0.216. The van der Waals surface area contributed by atoms with Crippen LogP contribution in [0, 0.1) is 0 Å². The van der Waals surface area contributed by atoms with Gasteiger partial charge in [-0.3, -0.25) is 9.69 Å². The number of aliphatic hydroxyl groups is 2.